The van der Waals surface area contributed by atoms with E-state index in [9.17, 15) is 12.8 Å². The third kappa shape index (κ3) is 4.87. The van der Waals surface area contributed by atoms with Crippen molar-refractivity contribution in [2.24, 2.45) is 7.05 Å². The lowest BCUT2D eigenvalue weighted by Gasteiger charge is -2.31. The number of halogens is 1. The molecule has 10 heteroatoms. The van der Waals surface area contributed by atoms with Gasteiger partial charge in [-0.25, -0.2) is 17.8 Å². The Hall–Kier alpha value is -3.24. The topological polar surface area (TPSA) is 82.3 Å². The summed E-state index contributed by atoms with van der Waals surface area (Å²) in [5.74, 6) is 0.293. The number of fused-ring (bicyclic) bond motifs is 1. The SMILES string of the molecule is COc1ccc(-c2ccc3c(CCN(C)C4CCS(=O)(=O)CC4)cn(-c4cnn(C)c4)c3n2)cc1F. The number of methoxy groups -OCH3 is 1. The van der Waals surface area contributed by atoms with Crippen molar-refractivity contribution in [3.8, 4) is 22.7 Å². The van der Waals surface area contributed by atoms with Crippen LogP contribution in [0.4, 0.5) is 4.39 Å². The van der Waals surface area contributed by atoms with E-state index in [1.807, 2.05) is 29.9 Å². The van der Waals surface area contributed by atoms with Gasteiger partial charge in [0.1, 0.15) is 15.5 Å². The molecule has 1 aromatic carbocycles. The van der Waals surface area contributed by atoms with Gasteiger partial charge in [0.15, 0.2) is 11.6 Å². The van der Waals surface area contributed by atoms with Crippen LogP contribution < -0.4 is 4.74 Å². The lowest BCUT2D eigenvalue weighted by Crippen LogP contribution is -2.39. The number of hydrogen-bond donors (Lipinski definition) is 0. The van der Waals surface area contributed by atoms with Gasteiger partial charge in [0, 0.05) is 43.0 Å². The summed E-state index contributed by atoms with van der Waals surface area (Å²) in [4.78, 5) is 7.19. The molecule has 1 aliphatic rings. The first kappa shape index (κ1) is 24.5. The summed E-state index contributed by atoms with van der Waals surface area (Å²) in [6.45, 7) is 0.808. The molecule has 5 rings (SSSR count). The summed E-state index contributed by atoms with van der Waals surface area (Å²) >= 11 is 0. The monoisotopic (exact) mass is 511 g/mol. The fourth-order valence-electron chi connectivity index (χ4n) is 4.88. The van der Waals surface area contributed by atoms with Crippen LogP contribution >= 0.6 is 0 Å². The molecule has 1 aliphatic heterocycles. The third-order valence-corrected chi connectivity index (χ3v) is 8.75. The quantitative estimate of drug-likeness (QED) is 0.377. The van der Waals surface area contributed by atoms with Crippen LogP contribution in [-0.4, -0.2) is 70.9 Å². The van der Waals surface area contributed by atoms with Crippen molar-refractivity contribution in [1.82, 2.24) is 24.2 Å². The Kier molecular flexibility index (Phi) is 6.57. The number of hydrogen-bond acceptors (Lipinski definition) is 6. The second kappa shape index (κ2) is 9.67. The summed E-state index contributed by atoms with van der Waals surface area (Å²) in [6.07, 6.45) is 7.96. The van der Waals surface area contributed by atoms with Gasteiger partial charge in [0.05, 0.1) is 36.2 Å². The maximum atomic E-state index is 14.4. The Labute approximate surface area is 210 Å². The van der Waals surface area contributed by atoms with Crippen LogP contribution in [0.2, 0.25) is 0 Å². The zero-order chi connectivity index (χ0) is 25.4. The molecule has 8 nitrogen and oxygen atoms in total. The lowest BCUT2D eigenvalue weighted by molar-refractivity contribution is 0.229. The Balaban J connectivity index is 1.46. The molecular formula is C26H30FN5O3S. The lowest BCUT2D eigenvalue weighted by atomic mass is 10.1. The zero-order valence-corrected chi connectivity index (χ0v) is 21.5. The van der Waals surface area contributed by atoms with Crippen LogP contribution in [0.3, 0.4) is 0 Å². The first-order chi connectivity index (χ1) is 17.2. The molecule has 0 atom stereocenters. The first-order valence-electron chi connectivity index (χ1n) is 12.0. The highest BCUT2D eigenvalue weighted by molar-refractivity contribution is 7.91. The van der Waals surface area contributed by atoms with E-state index in [0.717, 1.165) is 35.2 Å². The average Bonchev–Trinajstić information content (AvgIpc) is 3.45. The van der Waals surface area contributed by atoms with Crippen LogP contribution in [0.1, 0.15) is 18.4 Å². The molecule has 190 valence electrons. The van der Waals surface area contributed by atoms with Crippen molar-refractivity contribution >= 4 is 20.9 Å². The maximum absolute atomic E-state index is 14.4. The van der Waals surface area contributed by atoms with Crippen molar-refractivity contribution in [1.29, 1.82) is 0 Å². The predicted octanol–water partition coefficient (Wildman–Crippen LogP) is 3.63. The van der Waals surface area contributed by atoms with E-state index in [4.69, 9.17) is 9.72 Å². The van der Waals surface area contributed by atoms with Gasteiger partial charge in [0.2, 0.25) is 0 Å². The van der Waals surface area contributed by atoms with E-state index in [0.29, 0.717) is 24.1 Å². The number of nitrogens with zero attached hydrogens (tertiary/aromatic N) is 5. The minimum Gasteiger partial charge on any atom is -0.494 e. The summed E-state index contributed by atoms with van der Waals surface area (Å²) in [5.41, 5.74) is 4.15. The highest BCUT2D eigenvalue weighted by Gasteiger charge is 2.26. The Morgan fingerprint density at radius 1 is 1.17 bits per heavy atom. The molecule has 4 aromatic rings. The van der Waals surface area contributed by atoms with E-state index >= 15 is 0 Å². The van der Waals surface area contributed by atoms with Crippen molar-refractivity contribution in [2.45, 2.75) is 25.3 Å². The molecule has 0 N–H and O–H groups in total. The smallest absolute Gasteiger partial charge is 0.165 e. The van der Waals surface area contributed by atoms with Crippen LogP contribution in [0, 0.1) is 5.82 Å². The van der Waals surface area contributed by atoms with Gasteiger partial charge in [-0.05, 0) is 62.2 Å². The van der Waals surface area contributed by atoms with E-state index in [2.05, 4.69) is 23.2 Å². The van der Waals surface area contributed by atoms with Gasteiger partial charge in [-0.3, -0.25) is 9.25 Å². The van der Waals surface area contributed by atoms with E-state index in [1.165, 1.54) is 13.2 Å². The van der Waals surface area contributed by atoms with Crippen molar-refractivity contribution in [3.63, 3.8) is 0 Å². The normalized spacial score (nSPS) is 16.1. The van der Waals surface area contributed by atoms with E-state index < -0.39 is 15.7 Å². The average molecular weight is 512 g/mol. The third-order valence-electron chi connectivity index (χ3n) is 7.03. The molecule has 0 bridgehead atoms. The molecule has 1 saturated heterocycles. The van der Waals surface area contributed by atoms with Crippen LogP contribution in [-0.2, 0) is 23.3 Å². The molecule has 3 aromatic heterocycles. The number of likely N-dealkylation sites (N-methyl/N-ethyl adjacent to an activating group) is 1. The Morgan fingerprint density at radius 3 is 2.61 bits per heavy atom. The molecule has 0 spiro atoms. The van der Waals surface area contributed by atoms with Gasteiger partial charge >= 0.3 is 0 Å². The number of ether oxygens (including phenoxy) is 1. The minimum absolute atomic E-state index is 0.195. The van der Waals surface area contributed by atoms with Gasteiger partial charge in [-0.1, -0.05) is 0 Å². The van der Waals surface area contributed by atoms with Crippen LogP contribution in [0.5, 0.6) is 5.75 Å². The summed E-state index contributed by atoms with van der Waals surface area (Å²) in [5, 5.41) is 5.34. The molecule has 1 fully saturated rings. The number of pyridine rings is 1. The second-order valence-corrected chi connectivity index (χ2v) is 11.7. The number of rotatable bonds is 7. The first-order valence-corrected chi connectivity index (χ1v) is 13.8. The highest BCUT2D eigenvalue weighted by Crippen LogP contribution is 2.30. The standard InChI is InChI=1S/C26H30FN5O3S/c1-30(20-9-12-36(33,34)13-10-20)11-8-19-16-32(21-15-28-31(2)17-21)26-22(19)5-6-24(29-26)18-4-7-25(35-3)23(27)14-18/h4-7,14-17,20H,8-13H2,1-3H3. The second-order valence-electron chi connectivity index (χ2n) is 9.43. The molecule has 0 saturated carbocycles. The van der Waals surface area contributed by atoms with Crippen molar-refractivity contribution in [3.05, 3.63) is 60.3 Å². The number of benzene rings is 1. The molecule has 0 aliphatic carbocycles. The largest absolute Gasteiger partial charge is 0.494 e. The highest BCUT2D eigenvalue weighted by atomic mass is 32.2. The molecular weight excluding hydrogens is 481 g/mol. The fraction of sp³-hybridized carbons (Fsp3) is 0.385. The van der Waals surface area contributed by atoms with E-state index in [-0.39, 0.29) is 23.3 Å². The van der Waals surface area contributed by atoms with Crippen LogP contribution in [0.25, 0.3) is 28.0 Å². The summed E-state index contributed by atoms with van der Waals surface area (Å²) in [6, 6.07) is 9.06. The Bertz CT molecular complexity index is 1500. The van der Waals surface area contributed by atoms with Gasteiger partial charge in [0.25, 0.3) is 0 Å². The molecule has 0 amide bonds. The van der Waals surface area contributed by atoms with Crippen molar-refractivity contribution < 1.29 is 17.5 Å². The zero-order valence-electron chi connectivity index (χ0n) is 20.7. The van der Waals surface area contributed by atoms with E-state index in [1.54, 1.807) is 23.0 Å². The summed E-state index contributed by atoms with van der Waals surface area (Å²) < 4.78 is 46.8. The molecule has 0 radical (unpaired) electrons. The predicted molar refractivity (Wildman–Crippen MR) is 138 cm³/mol. The molecule has 0 unspecified atom stereocenters. The number of aryl methyl sites for hydroxylation is 1. The molecule has 36 heavy (non-hydrogen) atoms. The molecule has 4 heterocycles. The van der Waals surface area contributed by atoms with Gasteiger partial charge in [-0.2, -0.15) is 5.10 Å². The fourth-order valence-corrected chi connectivity index (χ4v) is 6.35. The maximum Gasteiger partial charge on any atom is 0.165 e. The van der Waals surface area contributed by atoms with Gasteiger partial charge in [-0.15, -0.1) is 0 Å². The Morgan fingerprint density at radius 2 is 1.94 bits per heavy atom. The minimum atomic E-state index is -2.88. The number of aromatic nitrogens is 4. The van der Waals surface area contributed by atoms with Crippen molar-refractivity contribution in [2.75, 3.05) is 32.2 Å². The summed E-state index contributed by atoms with van der Waals surface area (Å²) in [7, 11) is 2.50. The number of sulfone groups is 1. The van der Waals surface area contributed by atoms with Crippen LogP contribution in [0.15, 0.2) is 48.9 Å². The van der Waals surface area contributed by atoms with Gasteiger partial charge < -0.3 is 9.64 Å².